The number of nitro benzene ring substituents is 1. The van der Waals surface area contributed by atoms with Crippen LogP contribution in [0.2, 0.25) is 0 Å². The molecule has 7 nitrogen and oxygen atoms in total. The van der Waals surface area contributed by atoms with Crippen molar-refractivity contribution in [2.45, 2.75) is 0 Å². The molecule has 0 aliphatic rings. The zero-order valence-corrected chi connectivity index (χ0v) is 9.44. The lowest BCUT2D eigenvalue weighted by molar-refractivity contribution is -0.385. The molecule has 92 valence electrons. The summed E-state index contributed by atoms with van der Waals surface area (Å²) in [5.74, 6) is 0.230. The summed E-state index contributed by atoms with van der Waals surface area (Å²) in [6.07, 6.45) is 1.91. The molecule has 0 saturated carbocycles. The van der Waals surface area contributed by atoms with Gasteiger partial charge < -0.3 is 4.74 Å². The number of carbonyl (C=O) groups excluding carboxylic acids is 1. The van der Waals surface area contributed by atoms with Crippen LogP contribution in [-0.4, -0.2) is 21.0 Å². The minimum absolute atomic E-state index is 0.0641. The Balaban J connectivity index is 2.43. The highest BCUT2D eigenvalue weighted by atomic mass is 16.6. The number of ether oxygens (including phenoxy) is 1. The van der Waals surface area contributed by atoms with Crippen LogP contribution < -0.4 is 4.74 Å². The second-order valence-corrected chi connectivity index (χ2v) is 3.47. The van der Waals surface area contributed by atoms with Crippen LogP contribution in [0.4, 0.5) is 5.69 Å². The van der Waals surface area contributed by atoms with E-state index in [-0.39, 0.29) is 22.9 Å². The number of benzene rings is 1. The second-order valence-electron chi connectivity index (χ2n) is 3.47. The molecule has 1 aromatic heterocycles. The summed E-state index contributed by atoms with van der Waals surface area (Å²) in [6.45, 7) is 0. The standard InChI is InChI=1S/C11H9N3O4/c1-13-11(8(7-15)6-12-13)18-10-5-3-2-4-9(10)14(16)17/h2-7H,1H3. The van der Waals surface area contributed by atoms with Gasteiger partial charge in [0.05, 0.1) is 16.7 Å². The Labute approximate surface area is 102 Å². The van der Waals surface area contributed by atoms with E-state index in [4.69, 9.17) is 4.74 Å². The molecule has 0 saturated heterocycles. The fourth-order valence-corrected chi connectivity index (χ4v) is 1.45. The van der Waals surface area contributed by atoms with E-state index in [1.54, 1.807) is 13.1 Å². The molecule has 0 atom stereocenters. The SMILES string of the molecule is Cn1ncc(C=O)c1Oc1ccccc1[N+](=O)[O-]. The zero-order valence-electron chi connectivity index (χ0n) is 9.44. The number of rotatable bonds is 4. The van der Waals surface area contributed by atoms with E-state index >= 15 is 0 Å². The number of hydrogen-bond donors (Lipinski definition) is 0. The molecule has 0 bridgehead atoms. The van der Waals surface area contributed by atoms with Gasteiger partial charge in [-0.05, 0) is 6.07 Å². The van der Waals surface area contributed by atoms with E-state index in [0.29, 0.717) is 6.29 Å². The fourth-order valence-electron chi connectivity index (χ4n) is 1.45. The third-order valence-electron chi connectivity index (χ3n) is 2.31. The maximum absolute atomic E-state index is 10.8. The number of aldehydes is 1. The van der Waals surface area contributed by atoms with Gasteiger partial charge in [-0.25, -0.2) is 4.68 Å². The summed E-state index contributed by atoms with van der Waals surface area (Å²) in [4.78, 5) is 21.1. The Hall–Kier alpha value is -2.70. The highest BCUT2D eigenvalue weighted by Gasteiger charge is 2.18. The molecule has 0 N–H and O–H groups in total. The molecule has 2 aromatic rings. The Morgan fingerprint density at radius 2 is 2.17 bits per heavy atom. The van der Waals surface area contributed by atoms with Crippen LogP contribution >= 0.6 is 0 Å². The van der Waals surface area contributed by atoms with Gasteiger partial charge in [-0.3, -0.25) is 14.9 Å². The Kier molecular flexibility index (Phi) is 3.05. The van der Waals surface area contributed by atoms with E-state index in [9.17, 15) is 14.9 Å². The fraction of sp³-hybridized carbons (Fsp3) is 0.0909. The van der Waals surface area contributed by atoms with Crippen LogP contribution in [-0.2, 0) is 7.05 Å². The van der Waals surface area contributed by atoms with Crippen molar-refractivity contribution >= 4 is 12.0 Å². The molecule has 0 radical (unpaired) electrons. The number of carbonyl (C=O) groups is 1. The molecule has 2 rings (SSSR count). The van der Waals surface area contributed by atoms with Crippen LogP contribution in [0.5, 0.6) is 11.6 Å². The molecule has 18 heavy (non-hydrogen) atoms. The monoisotopic (exact) mass is 247 g/mol. The summed E-state index contributed by atoms with van der Waals surface area (Å²) < 4.78 is 6.72. The van der Waals surface area contributed by atoms with E-state index in [2.05, 4.69) is 5.10 Å². The minimum atomic E-state index is -0.549. The van der Waals surface area contributed by atoms with Gasteiger partial charge in [0.25, 0.3) is 0 Å². The highest BCUT2D eigenvalue weighted by Crippen LogP contribution is 2.31. The van der Waals surface area contributed by atoms with Gasteiger partial charge in [-0.2, -0.15) is 5.10 Å². The molecule has 0 spiro atoms. The summed E-state index contributed by atoms with van der Waals surface area (Å²) in [5, 5.41) is 14.7. The van der Waals surface area contributed by atoms with Crippen molar-refractivity contribution in [2.24, 2.45) is 7.05 Å². The van der Waals surface area contributed by atoms with Crippen molar-refractivity contribution in [3.63, 3.8) is 0 Å². The number of hydrogen-bond acceptors (Lipinski definition) is 5. The first-order valence-electron chi connectivity index (χ1n) is 5.02. The van der Waals surface area contributed by atoms with E-state index in [1.165, 1.54) is 29.1 Å². The summed E-state index contributed by atoms with van der Waals surface area (Å²) in [7, 11) is 1.58. The molecule has 0 unspecified atom stereocenters. The minimum Gasteiger partial charge on any atom is -0.431 e. The van der Waals surface area contributed by atoms with Crippen LogP contribution in [0.15, 0.2) is 30.5 Å². The highest BCUT2D eigenvalue weighted by molar-refractivity contribution is 5.78. The molecular weight excluding hydrogens is 238 g/mol. The van der Waals surface area contributed by atoms with Crippen LogP contribution in [0.1, 0.15) is 10.4 Å². The molecule has 0 aliphatic carbocycles. The van der Waals surface area contributed by atoms with Crippen molar-refractivity contribution in [3.05, 3.63) is 46.1 Å². The Morgan fingerprint density at radius 1 is 1.44 bits per heavy atom. The third-order valence-corrected chi connectivity index (χ3v) is 2.31. The lowest BCUT2D eigenvalue weighted by Gasteiger charge is -2.06. The van der Waals surface area contributed by atoms with E-state index < -0.39 is 4.92 Å². The van der Waals surface area contributed by atoms with Gasteiger partial charge in [0.1, 0.15) is 0 Å². The Bertz CT molecular complexity index is 606. The average molecular weight is 247 g/mol. The van der Waals surface area contributed by atoms with Crippen molar-refractivity contribution in [1.82, 2.24) is 9.78 Å². The first-order valence-corrected chi connectivity index (χ1v) is 5.02. The largest absolute Gasteiger partial charge is 0.431 e. The summed E-state index contributed by atoms with van der Waals surface area (Å²) in [5.41, 5.74) is 0.0613. The lowest BCUT2D eigenvalue weighted by Crippen LogP contribution is -1.99. The topological polar surface area (TPSA) is 87.3 Å². The summed E-state index contributed by atoms with van der Waals surface area (Å²) >= 11 is 0. The van der Waals surface area contributed by atoms with E-state index in [1.807, 2.05) is 0 Å². The second kappa shape index (κ2) is 4.66. The van der Waals surface area contributed by atoms with Gasteiger partial charge in [0, 0.05) is 13.1 Å². The summed E-state index contributed by atoms with van der Waals surface area (Å²) in [6, 6.07) is 5.93. The predicted molar refractivity (Wildman–Crippen MR) is 61.8 cm³/mol. The number of aromatic nitrogens is 2. The van der Waals surface area contributed by atoms with Crippen molar-refractivity contribution in [1.29, 1.82) is 0 Å². The van der Waals surface area contributed by atoms with Crippen molar-refractivity contribution in [3.8, 4) is 11.6 Å². The maximum atomic E-state index is 10.8. The Morgan fingerprint density at radius 3 is 2.83 bits per heavy atom. The van der Waals surface area contributed by atoms with Crippen LogP contribution in [0, 0.1) is 10.1 Å². The quantitative estimate of drug-likeness (QED) is 0.468. The smallest absolute Gasteiger partial charge is 0.311 e. The average Bonchev–Trinajstić information content (AvgIpc) is 2.71. The maximum Gasteiger partial charge on any atom is 0.311 e. The molecule has 7 heteroatoms. The number of aryl methyl sites for hydroxylation is 1. The van der Waals surface area contributed by atoms with Gasteiger partial charge in [0.2, 0.25) is 11.6 Å². The first kappa shape index (κ1) is 11.8. The molecule has 0 amide bonds. The van der Waals surface area contributed by atoms with Gasteiger partial charge in [-0.1, -0.05) is 12.1 Å². The van der Waals surface area contributed by atoms with Crippen molar-refractivity contribution < 1.29 is 14.5 Å². The molecule has 0 aliphatic heterocycles. The number of nitro groups is 1. The molecular formula is C11H9N3O4. The normalized spacial score (nSPS) is 10.1. The molecule has 1 heterocycles. The van der Waals surface area contributed by atoms with Crippen LogP contribution in [0.25, 0.3) is 0 Å². The van der Waals surface area contributed by atoms with Gasteiger partial charge in [0.15, 0.2) is 6.29 Å². The van der Waals surface area contributed by atoms with Crippen molar-refractivity contribution in [2.75, 3.05) is 0 Å². The molecule has 1 aromatic carbocycles. The van der Waals surface area contributed by atoms with Gasteiger partial charge in [-0.15, -0.1) is 0 Å². The zero-order chi connectivity index (χ0) is 13.1. The predicted octanol–water partition coefficient (Wildman–Crippen LogP) is 1.93. The number of para-hydroxylation sites is 2. The van der Waals surface area contributed by atoms with Gasteiger partial charge >= 0.3 is 5.69 Å². The van der Waals surface area contributed by atoms with Crippen LogP contribution in [0.3, 0.4) is 0 Å². The third kappa shape index (κ3) is 2.05. The number of nitrogens with zero attached hydrogens (tertiary/aromatic N) is 3. The van der Waals surface area contributed by atoms with E-state index in [0.717, 1.165) is 0 Å². The first-order chi connectivity index (χ1) is 8.63. The molecule has 0 fully saturated rings. The lowest BCUT2D eigenvalue weighted by atomic mass is 10.3.